The van der Waals surface area contributed by atoms with Crippen molar-refractivity contribution in [2.75, 3.05) is 37.7 Å². The van der Waals surface area contributed by atoms with Crippen LogP contribution in [-0.2, 0) is 9.59 Å². The van der Waals surface area contributed by atoms with Gasteiger partial charge < -0.3 is 20.3 Å². The summed E-state index contributed by atoms with van der Waals surface area (Å²) >= 11 is 0. The van der Waals surface area contributed by atoms with Crippen LogP contribution in [0.15, 0.2) is 24.3 Å². The molecule has 0 atom stereocenters. The number of fused-ring (bicyclic) bond motifs is 1. The second kappa shape index (κ2) is 7.64. The zero-order chi connectivity index (χ0) is 15.1. The molecular formula is C15H21N3O3. The number of nitrogens with zero attached hydrogens (tertiary/aromatic N) is 1. The maximum atomic E-state index is 11.9. The fourth-order valence-electron chi connectivity index (χ4n) is 2.17. The Hall–Kier alpha value is -2.08. The van der Waals surface area contributed by atoms with Gasteiger partial charge in [-0.25, -0.2) is 0 Å². The van der Waals surface area contributed by atoms with E-state index >= 15 is 0 Å². The summed E-state index contributed by atoms with van der Waals surface area (Å²) in [5, 5.41) is 5.96. The van der Waals surface area contributed by atoms with Crippen molar-refractivity contribution in [2.45, 2.75) is 13.3 Å². The van der Waals surface area contributed by atoms with Crippen LogP contribution in [0.1, 0.15) is 13.3 Å². The number of benzene rings is 1. The number of amides is 2. The van der Waals surface area contributed by atoms with Gasteiger partial charge in [0.1, 0.15) is 5.75 Å². The molecule has 0 saturated carbocycles. The highest BCUT2D eigenvalue weighted by Gasteiger charge is 2.25. The van der Waals surface area contributed by atoms with Crippen LogP contribution in [0.4, 0.5) is 5.69 Å². The lowest BCUT2D eigenvalue weighted by molar-refractivity contribution is -0.122. The van der Waals surface area contributed by atoms with Crippen molar-refractivity contribution < 1.29 is 14.3 Å². The minimum atomic E-state index is -0.117. The van der Waals surface area contributed by atoms with E-state index in [-0.39, 0.29) is 24.8 Å². The van der Waals surface area contributed by atoms with E-state index in [0.717, 1.165) is 18.8 Å². The van der Waals surface area contributed by atoms with Crippen LogP contribution >= 0.6 is 0 Å². The van der Waals surface area contributed by atoms with Crippen LogP contribution in [0.25, 0.3) is 0 Å². The van der Waals surface area contributed by atoms with Gasteiger partial charge >= 0.3 is 0 Å². The molecule has 1 aliphatic heterocycles. The van der Waals surface area contributed by atoms with Crippen molar-refractivity contribution in [1.82, 2.24) is 10.6 Å². The Kier molecular flexibility index (Phi) is 5.57. The summed E-state index contributed by atoms with van der Waals surface area (Å²) in [5.41, 5.74) is 0.731. The van der Waals surface area contributed by atoms with Gasteiger partial charge in [0, 0.05) is 26.1 Å². The van der Waals surface area contributed by atoms with E-state index in [0.29, 0.717) is 18.8 Å². The minimum absolute atomic E-state index is 0.0268. The molecule has 114 valence electrons. The van der Waals surface area contributed by atoms with E-state index in [4.69, 9.17) is 4.74 Å². The number of ether oxygens (including phenoxy) is 1. The lowest BCUT2D eigenvalue weighted by Crippen LogP contribution is -2.41. The Morgan fingerprint density at radius 3 is 2.95 bits per heavy atom. The second-order valence-electron chi connectivity index (χ2n) is 4.76. The molecule has 0 aliphatic carbocycles. The molecule has 0 unspecified atom stereocenters. The molecule has 0 saturated heterocycles. The molecule has 1 aliphatic rings. The quantitative estimate of drug-likeness (QED) is 0.719. The van der Waals surface area contributed by atoms with Gasteiger partial charge in [0.25, 0.3) is 5.91 Å². The number of carbonyl (C=O) groups excluding carboxylic acids is 2. The summed E-state index contributed by atoms with van der Waals surface area (Å²) in [6.07, 6.45) is 0.284. The number of para-hydroxylation sites is 2. The van der Waals surface area contributed by atoms with Crippen molar-refractivity contribution in [1.29, 1.82) is 0 Å². The van der Waals surface area contributed by atoms with E-state index in [2.05, 4.69) is 10.6 Å². The molecule has 1 aromatic carbocycles. The molecule has 6 heteroatoms. The number of anilines is 1. The smallest absolute Gasteiger partial charge is 0.265 e. The summed E-state index contributed by atoms with van der Waals surface area (Å²) < 4.78 is 5.36. The second-order valence-corrected chi connectivity index (χ2v) is 4.76. The normalized spacial score (nSPS) is 13.6. The first-order chi connectivity index (χ1) is 10.2. The highest BCUT2D eigenvalue weighted by atomic mass is 16.5. The largest absolute Gasteiger partial charge is 0.482 e. The third-order valence-corrected chi connectivity index (χ3v) is 3.24. The Morgan fingerprint density at radius 2 is 2.14 bits per heavy atom. The van der Waals surface area contributed by atoms with Gasteiger partial charge in [0.2, 0.25) is 5.91 Å². The first kappa shape index (κ1) is 15.3. The average molecular weight is 291 g/mol. The number of hydrogen-bond donors (Lipinski definition) is 2. The van der Waals surface area contributed by atoms with Crippen molar-refractivity contribution >= 4 is 17.5 Å². The molecule has 0 aromatic heterocycles. The van der Waals surface area contributed by atoms with Gasteiger partial charge in [-0.2, -0.15) is 0 Å². The summed E-state index contributed by atoms with van der Waals surface area (Å²) in [5.74, 6) is 0.517. The van der Waals surface area contributed by atoms with Gasteiger partial charge in [-0.3, -0.25) is 9.59 Å². The Bertz CT molecular complexity index is 505. The van der Waals surface area contributed by atoms with Crippen molar-refractivity contribution in [2.24, 2.45) is 0 Å². The van der Waals surface area contributed by atoms with Crippen molar-refractivity contribution in [3.63, 3.8) is 0 Å². The SMILES string of the molecule is CCNCCNC(=O)CCN1C(=O)COc2ccccc21. The fraction of sp³-hybridized carbons (Fsp3) is 0.467. The Labute approximate surface area is 124 Å². The molecule has 1 heterocycles. The number of rotatable bonds is 7. The minimum Gasteiger partial charge on any atom is -0.482 e. The van der Waals surface area contributed by atoms with Crippen LogP contribution < -0.4 is 20.3 Å². The van der Waals surface area contributed by atoms with Crippen LogP contribution in [0.5, 0.6) is 5.75 Å². The van der Waals surface area contributed by atoms with E-state index in [9.17, 15) is 9.59 Å². The van der Waals surface area contributed by atoms with Crippen molar-refractivity contribution in [3.8, 4) is 5.75 Å². The molecule has 0 bridgehead atoms. The monoisotopic (exact) mass is 291 g/mol. The molecule has 0 fully saturated rings. The predicted octanol–water partition coefficient (Wildman–Crippen LogP) is 0.528. The maximum absolute atomic E-state index is 11.9. The molecular weight excluding hydrogens is 270 g/mol. The van der Waals surface area contributed by atoms with Gasteiger partial charge in [-0.05, 0) is 18.7 Å². The highest BCUT2D eigenvalue weighted by Crippen LogP contribution is 2.31. The van der Waals surface area contributed by atoms with Gasteiger partial charge in [0.15, 0.2) is 6.61 Å². The van der Waals surface area contributed by atoms with Crippen LogP contribution in [0, 0.1) is 0 Å². The molecule has 21 heavy (non-hydrogen) atoms. The third kappa shape index (κ3) is 4.19. The predicted molar refractivity (Wildman–Crippen MR) is 80.5 cm³/mol. The number of hydrogen-bond acceptors (Lipinski definition) is 4. The number of carbonyl (C=O) groups is 2. The summed E-state index contributed by atoms with van der Waals surface area (Å²) in [7, 11) is 0. The van der Waals surface area contributed by atoms with Gasteiger partial charge in [-0.1, -0.05) is 19.1 Å². The molecule has 2 amide bonds. The topological polar surface area (TPSA) is 70.7 Å². The third-order valence-electron chi connectivity index (χ3n) is 3.24. The lowest BCUT2D eigenvalue weighted by Gasteiger charge is -2.29. The van der Waals surface area contributed by atoms with E-state index in [1.54, 1.807) is 4.90 Å². The maximum Gasteiger partial charge on any atom is 0.265 e. The number of nitrogens with one attached hydrogen (secondary N) is 2. The van der Waals surface area contributed by atoms with Gasteiger partial charge in [0.05, 0.1) is 5.69 Å². The highest BCUT2D eigenvalue weighted by molar-refractivity contribution is 5.98. The zero-order valence-electron chi connectivity index (χ0n) is 12.2. The summed E-state index contributed by atoms with van der Waals surface area (Å²) in [6, 6.07) is 7.37. The summed E-state index contributed by atoms with van der Waals surface area (Å²) in [4.78, 5) is 25.3. The standard InChI is InChI=1S/C15H21N3O3/c1-2-16-8-9-17-14(19)7-10-18-12-5-3-4-6-13(12)21-11-15(18)20/h3-6,16H,2,7-11H2,1H3,(H,17,19). The first-order valence-corrected chi connectivity index (χ1v) is 7.22. The molecule has 6 nitrogen and oxygen atoms in total. The van der Waals surface area contributed by atoms with Gasteiger partial charge in [-0.15, -0.1) is 0 Å². The van der Waals surface area contributed by atoms with E-state index < -0.39 is 0 Å². The fourth-order valence-corrected chi connectivity index (χ4v) is 2.17. The first-order valence-electron chi connectivity index (χ1n) is 7.22. The molecule has 0 radical (unpaired) electrons. The van der Waals surface area contributed by atoms with E-state index in [1.807, 2.05) is 31.2 Å². The Morgan fingerprint density at radius 1 is 1.33 bits per heavy atom. The summed E-state index contributed by atoms with van der Waals surface area (Å²) in [6.45, 7) is 4.64. The van der Waals surface area contributed by atoms with Crippen LogP contribution in [0.2, 0.25) is 0 Å². The van der Waals surface area contributed by atoms with E-state index in [1.165, 1.54) is 0 Å². The molecule has 1 aromatic rings. The lowest BCUT2D eigenvalue weighted by atomic mass is 10.2. The molecule has 2 rings (SSSR count). The van der Waals surface area contributed by atoms with Crippen molar-refractivity contribution in [3.05, 3.63) is 24.3 Å². The zero-order valence-corrected chi connectivity index (χ0v) is 12.2. The molecule has 2 N–H and O–H groups in total. The van der Waals surface area contributed by atoms with Crippen LogP contribution in [-0.4, -0.2) is 44.6 Å². The Balaban J connectivity index is 1.85. The average Bonchev–Trinajstić information content (AvgIpc) is 2.50. The molecule has 0 spiro atoms. The van der Waals surface area contributed by atoms with Crippen LogP contribution in [0.3, 0.4) is 0 Å². The number of likely N-dealkylation sites (N-methyl/N-ethyl adjacent to an activating group) is 1.